The van der Waals surface area contributed by atoms with Crippen LogP contribution in [0, 0.1) is 0 Å². The average molecular weight is 382 g/mol. The van der Waals surface area contributed by atoms with E-state index in [1.54, 1.807) is 0 Å². The van der Waals surface area contributed by atoms with Crippen LogP contribution in [-0.2, 0) is 9.59 Å². The topological polar surface area (TPSA) is 66.6 Å². The van der Waals surface area contributed by atoms with Gasteiger partial charge in [0.2, 0.25) is 11.8 Å². The number of nitrogens with zero attached hydrogens (tertiary/aromatic N) is 2. The van der Waals surface area contributed by atoms with Crippen LogP contribution in [-0.4, -0.2) is 53.8 Å². The fraction of sp³-hybridized carbons (Fsp3) is 0.600. The molecule has 0 spiro atoms. The van der Waals surface area contributed by atoms with Gasteiger partial charge in [-0.05, 0) is 18.4 Å². The minimum absolute atomic E-state index is 0. The molecule has 1 aromatic rings. The Balaban J connectivity index is 0.00000338. The SMILES string of the molecule is CCCN(CCC)C(=O)CCC(=O)N1C[C@@H](N)[C@H](c2ccccc2)C1.Cl. The number of hydrogen-bond donors (Lipinski definition) is 1. The van der Waals surface area contributed by atoms with Crippen LogP contribution in [0.4, 0.5) is 0 Å². The van der Waals surface area contributed by atoms with Gasteiger partial charge < -0.3 is 15.5 Å². The van der Waals surface area contributed by atoms with E-state index in [2.05, 4.69) is 26.0 Å². The third kappa shape index (κ3) is 5.99. The molecule has 5 nitrogen and oxygen atoms in total. The molecule has 2 atom stereocenters. The van der Waals surface area contributed by atoms with Gasteiger partial charge in [0.1, 0.15) is 0 Å². The molecule has 1 aromatic carbocycles. The van der Waals surface area contributed by atoms with Gasteiger partial charge in [-0.25, -0.2) is 0 Å². The van der Waals surface area contributed by atoms with Crippen LogP contribution in [0.15, 0.2) is 30.3 Å². The Morgan fingerprint density at radius 1 is 1.08 bits per heavy atom. The molecule has 0 radical (unpaired) electrons. The van der Waals surface area contributed by atoms with Crippen LogP contribution in [0.2, 0.25) is 0 Å². The van der Waals surface area contributed by atoms with Gasteiger partial charge in [0.25, 0.3) is 0 Å². The lowest BCUT2D eigenvalue weighted by Crippen LogP contribution is -2.35. The standard InChI is InChI=1S/C20H31N3O2.ClH/c1-3-12-22(13-4-2)19(24)10-11-20(25)23-14-17(18(21)15-23)16-8-6-5-7-9-16;/h5-9,17-18H,3-4,10-15,21H2,1-2H3;1H/t17-,18+;/m0./s1. The normalized spacial score (nSPS) is 19.1. The number of likely N-dealkylation sites (tertiary alicyclic amines) is 1. The third-order valence-electron chi connectivity index (χ3n) is 4.84. The molecule has 1 aliphatic rings. The van der Waals surface area contributed by atoms with Crippen LogP contribution < -0.4 is 5.73 Å². The molecule has 6 heteroatoms. The van der Waals surface area contributed by atoms with Gasteiger partial charge in [-0.1, -0.05) is 44.2 Å². The molecular formula is C20H32ClN3O2. The Morgan fingerprint density at radius 2 is 1.69 bits per heavy atom. The minimum atomic E-state index is -0.0428. The van der Waals surface area contributed by atoms with Gasteiger partial charge in [-0.15, -0.1) is 12.4 Å². The second kappa shape index (κ2) is 11.2. The van der Waals surface area contributed by atoms with E-state index in [1.807, 2.05) is 28.0 Å². The van der Waals surface area contributed by atoms with Gasteiger partial charge in [0.05, 0.1) is 0 Å². The van der Waals surface area contributed by atoms with E-state index < -0.39 is 0 Å². The van der Waals surface area contributed by atoms with Crippen LogP contribution in [0.1, 0.15) is 51.0 Å². The van der Waals surface area contributed by atoms with Gasteiger partial charge in [0, 0.05) is 51.0 Å². The zero-order chi connectivity index (χ0) is 18.2. The summed E-state index contributed by atoms with van der Waals surface area (Å²) in [6.07, 6.45) is 2.45. The molecule has 2 N–H and O–H groups in total. The third-order valence-corrected chi connectivity index (χ3v) is 4.84. The highest BCUT2D eigenvalue weighted by Gasteiger charge is 2.33. The quantitative estimate of drug-likeness (QED) is 0.752. The first-order valence-electron chi connectivity index (χ1n) is 9.42. The van der Waals surface area contributed by atoms with Gasteiger partial charge in [0.15, 0.2) is 0 Å². The first-order valence-corrected chi connectivity index (χ1v) is 9.42. The molecule has 2 amide bonds. The summed E-state index contributed by atoms with van der Waals surface area (Å²) in [7, 11) is 0. The number of amides is 2. The van der Waals surface area contributed by atoms with Crippen LogP contribution in [0.25, 0.3) is 0 Å². The second-order valence-corrected chi connectivity index (χ2v) is 6.86. The first kappa shape index (κ1) is 22.5. The highest BCUT2D eigenvalue weighted by atomic mass is 35.5. The number of benzene rings is 1. The van der Waals surface area contributed by atoms with Crippen LogP contribution in [0.3, 0.4) is 0 Å². The monoisotopic (exact) mass is 381 g/mol. The molecular weight excluding hydrogens is 350 g/mol. The van der Waals surface area contributed by atoms with Crippen molar-refractivity contribution in [3.8, 4) is 0 Å². The fourth-order valence-corrected chi connectivity index (χ4v) is 3.52. The van der Waals surface area contributed by atoms with E-state index in [0.29, 0.717) is 19.5 Å². The molecule has 1 heterocycles. The molecule has 1 fully saturated rings. The van der Waals surface area contributed by atoms with Crippen molar-refractivity contribution in [1.82, 2.24) is 9.80 Å². The molecule has 1 aliphatic heterocycles. The molecule has 0 aromatic heterocycles. The molecule has 2 rings (SSSR count). The van der Waals surface area contributed by atoms with E-state index in [9.17, 15) is 9.59 Å². The minimum Gasteiger partial charge on any atom is -0.343 e. The van der Waals surface area contributed by atoms with Gasteiger partial charge in [-0.2, -0.15) is 0 Å². The Bertz CT molecular complexity index is 561. The lowest BCUT2D eigenvalue weighted by molar-refractivity contribution is -0.136. The summed E-state index contributed by atoms with van der Waals surface area (Å²) in [5.41, 5.74) is 7.43. The summed E-state index contributed by atoms with van der Waals surface area (Å²) in [5.74, 6) is 0.299. The predicted octanol–water partition coefficient (Wildman–Crippen LogP) is 2.79. The molecule has 1 saturated heterocycles. The number of hydrogen-bond acceptors (Lipinski definition) is 3. The smallest absolute Gasteiger partial charge is 0.223 e. The van der Waals surface area contributed by atoms with Gasteiger partial charge >= 0.3 is 0 Å². The Morgan fingerprint density at radius 3 is 2.27 bits per heavy atom. The summed E-state index contributed by atoms with van der Waals surface area (Å²) < 4.78 is 0. The molecule has 0 bridgehead atoms. The number of halogens is 1. The summed E-state index contributed by atoms with van der Waals surface area (Å²) in [6.45, 7) is 6.88. The molecule has 0 aliphatic carbocycles. The summed E-state index contributed by atoms with van der Waals surface area (Å²) in [6, 6.07) is 10.1. The Kier molecular flexibility index (Phi) is 9.66. The van der Waals surface area contributed by atoms with Crippen molar-refractivity contribution in [3.63, 3.8) is 0 Å². The van der Waals surface area contributed by atoms with Crippen molar-refractivity contribution in [1.29, 1.82) is 0 Å². The Hall–Kier alpha value is -1.59. The highest BCUT2D eigenvalue weighted by Crippen LogP contribution is 2.26. The summed E-state index contributed by atoms with van der Waals surface area (Å²) >= 11 is 0. The average Bonchev–Trinajstić information content (AvgIpc) is 3.02. The van der Waals surface area contributed by atoms with E-state index >= 15 is 0 Å². The summed E-state index contributed by atoms with van der Waals surface area (Å²) in [4.78, 5) is 28.5. The van der Waals surface area contributed by atoms with Crippen molar-refractivity contribution < 1.29 is 9.59 Å². The number of nitrogens with two attached hydrogens (primary N) is 1. The number of carbonyl (C=O) groups excluding carboxylic acids is 2. The zero-order valence-electron chi connectivity index (χ0n) is 15.9. The Labute approximate surface area is 163 Å². The first-order chi connectivity index (χ1) is 12.1. The molecule has 0 saturated carbocycles. The lowest BCUT2D eigenvalue weighted by Gasteiger charge is -2.22. The largest absolute Gasteiger partial charge is 0.343 e. The van der Waals surface area contributed by atoms with E-state index in [-0.39, 0.29) is 42.6 Å². The van der Waals surface area contributed by atoms with Gasteiger partial charge in [-0.3, -0.25) is 9.59 Å². The number of carbonyl (C=O) groups is 2. The molecule has 0 unspecified atom stereocenters. The van der Waals surface area contributed by atoms with Crippen molar-refractivity contribution in [3.05, 3.63) is 35.9 Å². The predicted molar refractivity (Wildman–Crippen MR) is 107 cm³/mol. The maximum Gasteiger partial charge on any atom is 0.223 e. The van der Waals surface area contributed by atoms with Crippen molar-refractivity contribution in [2.75, 3.05) is 26.2 Å². The zero-order valence-corrected chi connectivity index (χ0v) is 16.7. The van der Waals surface area contributed by atoms with Crippen molar-refractivity contribution >= 4 is 24.2 Å². The van der Waals surface area contributed by atoms with Crippen molar-refractivity contribution in [2.45, 2.75) is 51.5 Å². The highest BCUT2D eigenvalue weighted by molar-refractivity contribution is 5.85. The molecule has 26 heavy (non-hydrogen) atoms. The van der Waals surface area contributed by atoms with E-state index in [0.717, 1.165) is 25.9 Å². The summed E-state index contributed by atoms with van der Waals surface area (Å²) in [5, 5.41) is 0. The maximum atomic E-state index is 12.5. The molecule has 146 valence electrons. The maximum absolute atomic E-state index is 12.5. The van der Waals surface area contributed by atoms with E-state index in [1.165, 1.54) is 5.56 Å². The van der Waals surface area contributed by atoms with Crippen LogP contribution >= 0.6 is 12.4 Å². The second-order valence-electron chi connectivity index (χ2n) is 6.86. The lowest BCUT2D eigenvalue weighted by atomic mass is 9.95. The van der Waals surface area contributed by atoms with E-state index in [4.69, 9.17) is 5.73 Å². The van der Waals surface area contributed by atoms with Crippen LogP contribution in [0.5, 0.6) is 0 Å². The number of rotatable bonds is 8. The fourth-order valence-electron chi connectivity index (χ4n) is 3.52. The van der Waals surface area contributed by atoms with Crippen molar-refractivity contribution in [2.24, 2.45) is 5.73 Å².